The molecule has 0 bridgehead atoms. The Labute approximate surface area is 142 Å². The Morgan fingerprint density at radius 2 is 2.38 bits per heavy atom. The molecule has 24 heavy (non-hydrogen) atoms. The molecule has 5 nitrogen and oxygen atoms in total. The van der Waals surface area contributed by atoms with Crippen molar-refractivity contribution in [2.45, 2.75) is 64.2 Å². The van der Waals surface area contributed by atoms with Crippen LogP contribution in [-0.2, 0) is 11.3 Å². The summed E-state index contributed by atoms with van der Waals surface area (Å²) in [5.74, 6) is 0.816. The summed E-state index contributed by atoms with van der Waals surface area (Å²) in [4.78, 5) is 14.2. The van der Waals surface area contributed by atoms with Gasteiger partial charge in [-0.1, -0.05) is 16.8 Å². The van der Waals surface area contributed by atoms with Crippen molar-refractivity contribution in [3.8, 4) is 0 Å². The molecule has 0 radical (unpaired) electrons. The first kappa shape index (κ1) is 17.1. The standard InChI is InChI=1S/C18H26FN3O2/c1-13-15(9-21-24-13)11-22-12-16(19)8-17(22)10-20-18(23)7-14-5-3-2-4-6-14/h5,9,16-17H,2-4,6-8,10-12H2,1H3,(H,20,23)/t16-,17-/m0/s1. The summed E-state index contributed by atoms with van der Waals surface area (Å²) in [6, 6.07) is 0.0265. The summed E-state index contributed by atoms with van der Waals surface area (Å²) in [5, 5.41) is 6.77. The van der Waals surface area contributed by atoms with E-state index in [0.717, 1.165) is 24.2 Å². The van der Waals surface area contributed by atoms with E-state index in [1.807, 2.05) is 6.92 Å². The summed E-state index contributed by atoms with van der Waals surface area (Å²) in [5.41, 5.74) is 2.22. The number of nitrogens with one attached hydrogen (secondary N) is 1. The Morgan fingerprint density at radius 3 is 3.08 bits per heavy atom. The van der Waals surface area contributed by atoms with Crippen LogP contribution in [-0.4, -0.2) is 41.3 Å². The summed E-state index contributed by atoms with van der Waals surface area (Å²) >= 11 is 0. The number of halogens is 1. The molecule has 0 unspecified atom stereocenters. The zero-order valence-corrected chi connectivity index (χ0v) is 14.3. The molecule has 1 aromatic rings. The second-order valence-electron chi connectivity index (χ2n) is 6.91. The first-order valence-electron chi connectivity index (χ1n) is 8.84. The lowest BCUT2D eigenvalue weighted by atomic mass is 9.97. The van der Waals surface area contributed by atoms with E-state index in [9.17, 15) is 9.18 Å². The third kappa shape index (κ3) is 4.44. The third-order valence-corrected chi connectivity index (χ3v) is 5.01. The number of hydrogen-bond donors (Lipinski definition) is 1. The Kier molecular flexibility index (Phi) is 5.66. The van der Waals surface area contributed by atoms with Gasteiger partial charge in [0.15, 0.2) is 0 Å². The minimum absolute atomic E-state index is 0.0265. The fourth-order valence-electron chi connectivity index (χ4n) is 3.58. The maximum Gasteiger partial charge on any atom is 0.224 e. The predicted octanol–water partition coefficient (Wildman–Crippen LogP) is 2.90. The molecule has 0 aromatic carbocycles. The number of amides is 1. The Balaban J connectivity index is 1.50. The van der Waals surface area contributed by atoms with Gasteiger partial charge in [0.05, 0.1) is 6.20 Å². The highest BCUT2D eigenvalue weighted by Crippen LogP contribution is 2.24. The number of aromatic nitrogens is 1. The van der Waals surface area contributed by atoms with E-state index >= 15 is 0 Å². The monoisotopic (exact) mass is 335 g/mol. The SMILES string of the molecule is Cc1oncc1CN1C[C@@H](F)C[C@H]1CNC(=O)CC1=CCCCC1. The minimum Gasteiger partial charge on any atom is -0.361 e. The summed E-state index contributed by atoms with van der Waals surface area (Å²) in [7, 11) is 0. The number of carbonyl (C=O) groups excluding carboxylic acids is 1. The molecular weight excluding hydrogens is 309 g/mol. The highest BCUT2D eigenvalue weighted by Gasteiger charge is 2.32. The van der Waals surface area contributed by atoms with E-state index in [-0.39, 0.29) is 11.9 Å². The highest BCUT2D eigenvalue weighted by atomic mass is 19.1. The third-order valence-electron chi connectivity index (χ3n) is 5.01. The number of hydrogen-bond acceptors (Lipinski definition) is 4. The molecular formula is C18H26FN3O2. The fraction of sp³-hybridized carbons (Fsp3) is 0.667. The maximum atomic E-state index is 13.8. The molecule has 1 amide bonds. The number of carbonyl (C=O) groups is 1. The number of allylic oxidation sites excluding steroid dienone is 1. The van der Waals surface area contributed by atoms with Crippen molar-refractivity contribution in [2.75, 3.05) is 13.1 Å². The molecule has 1 N–H and O–H groups in total. The largest absolute Gasteiger partial charge is 0.361 e. The molecule has 0 spiro atoms. The maximum absolute atomic E-state index is 13.8. The van der Waals surface area contributed by atoms with Gasteiger partial charge in [0, 0.05) is 37.7 Å². The molecule has 0 saturated carbocycles. The van der Waals surface area contributed by atoms with Crippen LogP contribution in [0.5, 0.6) is 0 Å². The Hall–Kier alpha value is -1.69. The predicted molar refractivity (Wildman–Crippen MR) is 89.1 cm³/mol. The second kappa shape index (κ2) is 7.92. The first-order chi connectivity index (χ1) is 11.6. The Bertz CT molecular complexity index is 599. The van der Waals surface area contributed by atoms with Gasteiger partial charge in [-0.05, 0) is 39.0 Å². The van der Waals surface area contributed by atoms with Crippen molar-refractivity contribution in [3.63, 3.8) is 0 Å². The second-order valence-corrected chi connectivity index (χ2v) is 6.91. The molecule has 6 heteroatoms. The van der Waals surface area contributed by atoms with Crippen molar-refractivity contribution in [1.29, 1.82) is 0 Å². The van der Waals surface area contributed by atoms with E-state index in [1.165, 1.54) is 18.4 Å². The minimum atomic E-state index is -0.840. The number of nitrogens with zero attached hydrogens (tertiary/aromatic N) is 2. The van der Waals surface area contributed by atoms with Crippen molar-refractivity contribution in [3.05, 3.63) is 29.2 Å². The van der Waals surface area contributed by atoms with E-state index < -0.39 is 6.17 Å². The van der Waals surface area contributed by atoms with Gasteiger partial charge in [-0.2, -0.15) is 0 Å². The molecule has 132 valence electrons. The van der Waals surface area contributed by atoms with Crippen LogP contribution in [0.2, 0.25) is 0 Å². The number of likely N-dealkylation sites (tertiary alicyclic amines) is 1. The van der Waals surface area contributed by atoms with Crippen LogP contribution in [0.4, 0.5) is 4.39 Å². The van der Waals surface area contributed by atoms with Gasteiger partial charge in [-0.25, -0.2) is 4.39 Å². The fourth-order valence-corrected chi connectivity index (χ4v) is 3.58. The van der Waals surface area contributed by atoms with Crippen LogP contribution >= 0.6 is 0 Å². The lowest BCUT2D eigenvalue weighted by Crippen LogP contribution is -2.40. The van der Waals surface area contributed by atoms with E-state index in [1.54, 1.807) is 6.20 Å². The van der Waals surface area contributed by atoms with E-state index in [2.05, 4.69) is 21.4 Å². The summed E-state index contributed by atoms with van der Waals surface area (Å²) in [6.07, 6.45) is 8.50. The van der Waals surface area contributed by atoms with Crippen LogP contribution in [0.3, 0.4) is 0 Å². The van der Waals surface area contributed by atoms with Gasteiger partial charge in [0.25, 0.3) is 0 Å². The average molecular weight is 335 g/mol. The van der Waals surface area contributed by atoms with Crippen molar-refractivity contribution in [2.24, 2.45) is 0 Å². The summed E-state index contributed by atoms with van der Waals surface area (Å²) in [6.45, 7) is 3.37. The number of alkyl halides is 1. The average Bonchev–Trinajstić information content (AvgIpc) is 3.12. The van der Waals surface area contributed by atoms with Gasteiger partial charge < -0.3 is 9.84 Å². The molecule has 2 heterocycles. The molecule has 3 rings (SSSR count). The molecule has 1 aliphatic carbocycles. The van der Waals surface area contributed by atoms with Crippen molar-refractivity contribution < 1.29 is 13.7 Å². The van der Waals surface area contributed by atoms with Crippen LogP contribution < -0.4 is 5.32 Å². The normalized spacial score (nSPS) is 24.8. The van der Waals surface area contributed by atoms with Crippen molar-refractivity contribution in [1.82, 2.24) is 15.4 Å². The van der Waals surface area contributed by atoms with Crippen LogP contribution in [0.1, 0.15) is 49.8 Å². The highest BCUT2D eigenvalue weighted by molar-refractivity contribution is 5.78. The molecule has 2 atom stereocenters. The molecule has 1 fully saturated rings. The molecule has 2 aliphatic rings. The van der Waals surface area contributed by atoms with Gasteiger partial charge in [0.1, 0.15) is 11.9 Å². The molecule has 1 aromatic heterocycles. The quantitative estimate of drug-likeness (QED) is 0.812. The van der Waals surface area contributed by atoms with E-state index in [4.69, 9.17) is 4.52 Å². The van der Waals surface area contributed by atoms with E-state index in [0.29, 0.717) is 32.5 Å². The summed E-state index contributed by atoms with van der Waals surface area (Å²) < 4.78 is 18.9. The zero-order chi connectivity index (χ0) is 16.9. The van der Waals surface area contributed by atoms with Gasteiger partial charge in [-0.15, -0.1) is 0 Å². The van der Waals surface area contributed by atoms with Crippen molar-refractivity contribution >= 4 is 5.91 Å². The van der Waals surface area contributed by atoms with Crippen LogP contribution in [0.15, 0.2) is 22.4 Å². The lowest BCUT2D eigenvalue weighted by Gasteiger charge is -2.24. The van der Waals surface area contributed by atoms with Gasteiger partial charge >= 0.3 is 0 Å². The first-order valence-corrected chi connectivity index (χ1v) is 8.84. The lowest BCUT2D eigenvalue weighted by molar-refractivity contribution is -0.120. The topological polar surface area (TPSA) is 58.4 Å². The van der Waals surface area contributed by atoms with Gasteiger partial charge in [0.2, 0.25) is 5.91 Å². The Morgan fingerprint density at radius 1 is 1.50 bits per heavy atom. The zero-order valence-electron chi connectivity index (χ0n) is 14.3. The number of rotatable bonds is 6. The van der Waals surface area contributed by atoms with Crippen LogP contribution in [0, 0.1) is 6.92 Å². The smallest absolute Gasteiger partial charge is 0.224 e. The molecule has 1 saturated heterocycles. The molecule has 1 aliphatic heterocycles. The van der Waals surface area contributed by atoms with Gasteiger partial charge in [-0.3, -0.25) is 9.69 Å². The van der Waals surface area contributed by atoms with Crippen LogP contribution in [0.25, 0.3) is 0 Å². The number of aryl methyl sites for hydroxylation is 1.